The lowest BCUT2D eigenvalue weighted by molar-refractivity contribution is 0.253. The first kappa shape index (κ1) is 8.53. The third-order valence-electron chi connectivity index (χ3n) is 1.000. The van der Waals surface area contributed by atoms with Crippen molar-refractivity contribution in [1.29, 1.82) is 0 Å². The molecular formula is C4H6N4O3S. The molecule has 8 heteroatoms. The maximum absolute atomic E-state index is 11.0. The Labute approximate surface area is 68.0 Å². The Hall–Kier alpha value is -1.57. The van der Waals surface area contributed by atoms with E-state index in [1.807, 2.05) is 0 Å². The number of hydrogen-bond acceptors (Lipinski definition) is 4. The van der Waals surface area contributed by atoms with Crippen LogP contribution < -0.4 is 10.5 Å². The summed E-state index contributed by atoms with van der Waals surface area (Å²) in [6.07, 6.45) is 1.25. The average Bonchev–Trinajstić information content (AvgIpc) is 2.32. The summed E-state index contributed by atoms with van der Waals surface area (Å²) in [4.78, 5) is 10.2. The Morgan fingerprint density at radius 3 is 2.75 bits per heavy atom. The molecular weight excluding hydrogens is 184 g/mol. The highest BCUT2D eigenvalue weighted by Crippen LogP contribution is 2.00. The Balaban J connectivity index is 2.96. The number of nitrogens with zero attached hydrogens (tertiary/aromatic N) is 1. The van der Waals surface area contributed by atoms with Crippen molar-refractivity contribution in [3.05, 3.63) is 12.3 Å². The number of nitrogens with one attached hydrogen (secondary N) is 2. The molecule has 0 unspecified atom stereocenters. The number of aromatic nitrogens is 2. The van der Waals surface area contributed by atoms with E-state index in [2.05, 4.69) is 15.9 Å². The van der Waals surface area contributed by atoms with Crippen LogP contribution in [0.1, 0.15) is 0 Å². The SMILES string of the molecule is NC(=O)NS(=O)(=O)c1ccn[nH]1. The van der Waals surface area contributed by atoms with Crippen LogP contribution in [0.5, 0.6) is 0 Å². The fourth-order valence-electron chi connectivity index (χ4n) is 0.580. The minimum absolute atomic E-state index is 0.207. The molecule has 12 heavy (non-hydrogen) atoms. The number of carbonyl (C=O) groups excluding carboxylic acids is 1. The minimum atomic E-state index is -3.86. The smallest absolute Gasteiger partial charge is 0.326 e. The topological polar surface area (TPSA) is 118 Å². The van der Waals surface area contributed by atoms with Crippen LogP contribution in [0.15, 0.2) is 17.3 Å². The van der Waals surface area contributed by atoms with Gasteiger partial charge in [-0.05, 0) is 6.07 Å². The van der Waals surface area contributed by atoms with Crippen LogP contribution >= 0.6 is 0 Å². The van der Waals surface area contributed by atoms with E-state index in [4.69, 9.17) is 0 Å². The molecule has 0 aliphatic rings. The van der Waals surface area contributed by atoms with Crippen molar-refractivity contribution >= 4 is 16.1 Å². The van der Waals surface area contributed by atoms with Crippen LogP contribution in [0, 0.1) is 0 Å². The van der Waals surface area contributed by atoms with Crippen molar-refractivity contribution in [3.63, 3.8) is 0 Å². The second-order valence-electron chi connectivity index (χ2n) is 1.89. The largest absolute Gasteiger partial charge is 0.351 e. The number of primary amides is 1. The van der Waals surface area contributed by atoms with Crippen LogP contribution in [0.2, 0.25) is 0 Å². The van der Waals surface area contributed by atoms with Crippen molar-refractivity contribution < 1.29 is 13.2 Å². The van der Waals surface area contributed by atoms with Gasteiger partial charge in [-0.25, -0.2) is 9.52 Å². The van der Waals surface area contributed by atoms with E-state index < -0.39 is 16.1 Å². The Kier molecular flexibility index (Phi) is 2.00. The molecule has 0 atom stereocenters. The molecule has 0 saturated heterocycles. The van der Waals surface area contributed by atoms with Gasteiger partial charge in [-0.1, -0.05) is 0 Å². The molecule has 0 aromatic carbocycles. The zero-order chi connectivity index (χ0) is 9.19. The standard InChI is InChI=1S/C4H6N4O3S/c5-4(9)8-12(10,11)3-1-2-6-7-3/h1-2H,(H,6,7)(H3,5,8,9). The van der Waals surface area contributed by atoms with Crippen LogP contribution in [0.4, 0.5) is 4.79 Å². The zero-order valence-corrected chi connectivity index (χ0v) is 6.63. The lowest BCUT2D eigenvalue weighted by Gasteiger charge is -1.99. The zero-order valence-electron chi connectivity index (χ0n) is 5.81. The number of sulfonamides is 1. The fourth-order valence-corrected chi connectivity index (χ4v) is 1.37. The summed E-state index contributed by atoms with van der Waals surface area (Å²) in [5.41, 5.74) is 4.62. The molecule has 0 spiro atoms. The van der Waals surface area contributed by atoms with Crippen LogP contribution in [0.25, 0.3) is 0 Å². The number of nitrogens with two attached hydrogens (primary N) is 1. The highest BCUT2D eigenvalue weighted by molar-refractivity contribution is 7.90. The summed E-state index contributed by atoms with van der Waals surface area (Å²) in [6, 6.07) is 0.0650. The lowest BCUT2D eigenvalue weighted by Crippen LogP contribution is -2.35. The van der Waals surface area contributed by atoms with Crippen molar-refractivity contribution in [1.82, 2.24) is 14.9 Å². The van der Waals surface area contributed by atoms with Gasteiger partial charge in [0, 0.05) is 0 Å². The Morgan fingerprint density at radius 1 is 1.67 bits per heavy atom. The second-order valence-corrected chi connectivity index (χ2v) is 3.54. The van der Waals surface area contributed by atoms with E-state index in [0.29, 0.717) is 0 Å². The molecule has 1 aromatic rings. The molecule has 4 N–H and O–H groups in total. The van der Waals surface area contributed by atoms with Crippen molar-refractivity contribution in [2.75, 3.05) is 0 Å². The maximum atomic E-state index is 11.0. The number of amides is 2. The first-order valence-electron chi connectivity index (χ1n) is 2.84. The van der Waals surface area contributed by atoms with Gasteiger partial charge >= 0.3 is 6.03 Å². The third-order valence-corrected chi connectivity index (χ3v) is 2.28. The van der Waals surface area contributed by atoms with Gasteiger partial charge in [0.1, 0.15) is 0 Å². The maximum Gasteiger partial charge on any atom is 0.326 e. The van der Waals surface area contributed by atoms with Crippen LogP contribution in [0.3, 0.4) is 0 Å². The van der Waals surface area contributed by atoms with Gasteiger partial charge in [0.15, 0.2) is 5.03 Å². The molecule has 1 rings (SSSR count). The van der Waals surface area contributed by atoms with E-state index in [1.54, 1.807) is 4.72 Å². The normalized spacial score (nSPS) is 11.0. The van der Waals surface area contributed by atoms with E-state index in [-0.39, 0.29) is 5.03 Å². The molecule has 2 amide bonds. The lowest BCUT2D eigenvalue weighted by atomic mass is 10.8. The Morgan fingerprint density at radius 2 is 2.33 bits per heavy atom. The first-order chi connectivity index (χ1) is 5.52. The van der Waals surface area contributed by atoms with E-state index in [0.717, 1.165) is 0 Å². The first-order valence-corrected chi connectivity index (χ1v) is 4.32. The molecule has 0 aliphatic heterocycles. The highest BCUT2D eigenvalue weighted by Gasteiger charge is 2.16. The number of rotatable bonds is 2. The van der Waals surface area contributed by atoms with E-state index in [9.17, 15) is 13.2 Å². The average molecular weight is 190 g/mol. The van der Waals surface area contributed by atoms with Gasteiger partial charge in [-0.15, -0.1) is 0 Å². The van der Waals surface area contributed by atoms with Gasteiger partial charge in [0.25, 0.3) is 10.0 Å². The van der Waals surface area contributed by atoms with Crippen molar-refractivity contribution in [3.8, 4) is 0 Å². The van der Waals surface area contributed by atoms with Crippen LogP contribution in [-0.2, 0) is 10.0 Å². The van der Waals surface area contributed by atoms with Crippen LogP contribution in [-0.4, -0.2) is 24.6 Å². The third kappa shape index (κ3) is 1.72. The molecule has 66 valence electrons. The summed E-state index contributed by atoms with van der Waals surface area (Å²) in [5, 5.41) is 5.37. The number of hydrogen-bond donors (Lipinski definition) is 3. The molecule has 0 saturated carbocycles. The molecule has 0 aliphatic carbocycles. The van der Waals surface area contributed by atoms with Crippen molar-refractivity contribution in [2.45, 2.75) is 5.03 Å². The van der Waals surface area contributed by atoms with Crippen molar-refractivity contribution in [2.24, 2.45) is 5.73 Å². The quantitative estimate of drug-likeness (QED) is 0.540. The monoisotopic (exact) mass is 190 g/mol. The summed E-state index contributed by atoms with van der Waals surface area (Å²) in [5.74, 6) is 0. The van der Waals surface area contributed by atoms with Gasteiger partial charge in [0.05, 0.1) is 6.20 Å². The summed E-state index contributed by atoms with van der Waals surface area (Å²) < 4.78 is 23.6. The summed E-state index contributed by atoms with van der Waals surface area (Å²) in [7, 11) is -3.86. The highest BCUT2D eigenvalue weighted by atomic mass is 32.2. The predicted octanol–water partition coefficient (Wildman–Crippen LogP) is -1.23. The number of aromatic amines is 1. The van der Waals surface area contributed by atoms with Gasteiger partial charge < -0.3 is 5.73 Å². The minimum Gasteiger partial charge on any atom is -0.351 e. The predicted molar refractivity (Wildman–Crippen MR) is 38.5 cm³/mol. The fraction of sp³-hybridized carbons (Fsp3) is 0. The Bertz CT molecular complexity index is 367. The van der Waals surface area contributed by atoms with Gasteiger partial charge in [-0.2, -0.15) is 13.5 Å². The molecule has 0 fully saturated rings. The van der Waals surface area contributed by atoms with Gasteiger partial charge in [0.2, 0.25) is 0 Å². The molecule has 0 radical (unpaired) electrons. The second kappa shape index (κ2) is 2.81. The van der Waals surface area contributed by atoms with E-state index >= 15 is 0 Å². The number of H-pyrrole nitrogens is 1. The molecule has 1 aromatic heterocycles. The van der Waals surface area contributed by atoms with Gasteiger partial charge in [-0.3, -0.25) is 5.10 Å². The number of urea groups is 1. The summed E-state index contributed by atoms with van der Waals surface area (Å²) >= 11 is 0. The molecule has 7 nitrogen and oxygen atoms in total. The summed E-state index contributed by atoms with van der Waals surface area (Å²) in [6.45, 7) is 0. The van der Waals surface area contributed by atoms with E-state index in [1.165, 1.54) is 12.3 Å². The molecule has 1 heterocycles. The number of carbonyl (C=O) groups is 1. The molecule has 0 bridgehead atoms.